The second kappa shape index (κ2) is 7.17. The van der Waals surface area contributed by atoms with Gasteiger partial charge in [0.15, 0.2) is 0 Å². The third-order valence-electron chi connectivity index (χ3n) is 3.18. The summed E-state index contributed by atoms with van der Waals surface area (Å²) in [5, 5.41) is 11.3. The maximum Gasteiger partial charge on any atom is 0.277 e. The maximum absolute atomic E-state index is 11.6. The molecule has 124 valence electrons. The van der Waals surface area contributed by atoms with E-state index in [9.17, 15) is 4.79 Å². The maximum atomic E-state index is 11.6. The van der Waals surface area contributed by atoms with Crippen LogP contribution in [0, 0.1) is 0 Å². The lowest BCUT2D eigenvalue weighted by atomic mass is 9.87. The lowest BCUT2D eigenvalue weighted by Crippen LogP contribution is -2.31. The smallest absolute Gasteiger partial charge is 0.277 e. The van der Waals surface area contributed by atoms with E-state index in [0.717, 1.165) is 5.56 Å². The summed E-state index contributed by atoms with van der Waals surface area (Å²) in [4.78, 5) is 11.6. The first-order valence-corrected chi connectivity index (χ1v) is 8.61. The standard InChI is InChI=1S/C17H23N3O2S/c1-11(2)18-14(21)10-23-16-20-19-15(22-16)12-6-8-13(9-7-12)17(3,4)5/h6-9,11H,10H2,1-5H3,(H,18,21). The fraction of sp³-hybridized carbons (Fsp3) is 0.471. The van der Waals surface area contributed by atoms with E-state index >= 15 is 0 Å². The third kappa shape index (κ3) is 5.10. The molecule has 0 atom stereocenters. The molecule has 2 aromatic rings. The van der Waals surface area contributed by atoms with Gasteiger partial charge in [-0.05, 0) is 37.0 Å². The van der Waals surface area contributed by atoms with Crippen molar-refractivity contribution in [1.82, 2.24) is 15.5 Å². The second-order valence-corrected chi connectivity index (χ2v) is 7.64. The molecule has 0 bridgehead atoms. The van der Waals surface area contributed by atoms with Crippen molar-refractivity contribution in [2.24, 2.45) is 0 Å². The molecule has 0 unspecified atom stereocenters. The molecular formula is C17H23N3O2S. The van der Waals surface area contributed by atoms with Gasteiger partial charge in [-0.15, -0.1) is 10.2 Å². The van der Waals surface area contributed by atoms with Gasteiger partial charge in [-0.2, -0.15) is 0 Å². The van der Waals surface area contributed by atoms with Gasteiger partial charge >= 0.3 is 0 Å². The molecule has 0 saturated carbocycles. The van der Waals surface area contributed by atoms with Crippen molar-refractivity contribution in [3.63, 3.8) is 0 Å². The summed E-state index contributed by atoms with van der Waals surface area (Å²) in [6.45, 7) is 10.4. The number of carbonyl (C=O) groups excluding carboxylic acids is 1. The lowest BCUT2D eigenvalue weighted by molar-refractivity contribution is -0.119. The molecule has 0 aliphatic rings. The van der Waals surface area contributed by atoms with E-state index < -0.39 is 0 Å². The molecule has 23 heavy (non-hydrogen) atoms. The number of thioether (sulfide) groups is 1. The molecule has 5 nitrogen and oxygen atoms in total. The fourth-order valence-electron chi connectivity index (χ4n) is 1.99. The zero-order chi connectivity index (χ0) is 17.0. The van der Waals surface area contributed by atoms with E-state index in [2.05, 4.69) is 48.4 Å². The molecule has 0 fully saturated rings. The molecule has 0 aliphatic carbocycles. The van der Waals surface area contributed by atoms with Gasteiger partial charge in [0, 0.05) is 11.6 Å². The first-order valence-electron chi connectivity index (χ1n) is 7.62. The van der Waals surface area contributed by atoms with Crippen molar-refractivity contribution >= 4 is 17.7 Å². The van der Waals surface area contributed by atoms with Gasteiger partial charge in [-0.1, -0.05) is 44.7 Å². The Balaban J connectivity index is 2.00. The molecule has 0 radical (unpaired) electrons. The molecule has 1 aromatic heterocycles. The quantitative estimate of drug-likeness (QED) is 0.846. The Bertz CT molecular complexity index is 657. The van der Waals surface area contributed by atoms with Crippen molar-refractivity contribution in [2.45, 2.75) is 51.3 Å². The Morgan fingerprint density at radius 2 is 1.87 bits per heavy atom. The Morgan fingerprint density at radius 3 is 2.43 bits per heavy atom. The van der Waals surface area contributed by atoms with E-state index in [1.807, 2.05) is 26.0 Å². The third-order valence-corrected chi connectivity index (χ3v) is 4.00. The summed E-state index contributed by atoms with van der Waals surface area (Å²) in [7, 11) is 0. The number of rotatable bonds is 5. The minimum Gasteiger partial charge on any atom is -0.411 e. The topological polar surface area (TPSA) is 68.0 Å². The first-order chi connectivity index (χ1) is 10.8. The molecule has 1 heterocycles. The summed E-state index contributed by atoms with van der Waals surface area (Å²) in [6, 6.07) is 8.23. The highest BCUT2D eigenvalue weighted by molar-refractivity contribution is 7.99. The Kier molecular flexibility index (Phi) is 5.46. The predicted octanol–water partition coefficient (Wildman–Crippen LogP) is 3.65. The molecule has 1 aromatic carbocycles. The average Bonchev–Trinajstić information content (AvgIpc) is 2.92. The Hall–Kier alpha value is -1.82. The van der Waals surface area contributed by atoms with Crippen LogP contribution in [-0.4, -0.2) is 27.9 Å². The highest BCUT2D eigenvalue weighted by Gasteiger charge is 2.15. The van der Waals surface area contributed by atoms with Crippen LogP contribution in [0.25, 0.3) is 11.5 Å². The number of nitrogens with one attached hydrogen (secondary N) is 1. The largest absolute Gasteiger partial charge is 0.411 e. The number of nitrogens with zero attached hydrogens (tertiary/aromatic N) is 2. The number of hydrogen-bond donors (Lipinski definition) is 1. The summed E-state index contributed by atoms with van der Waals surface area (Å²) >= 11 is 1.24. The number of aromatic nitrogens is 2. The predicted molar refractivity (Wildman–Crippen MR) is 92.4 cm³/mol. The van der Waals surface area contributed by atoms with Crippen LogP contribution in [0.15, 0.2) is 33.9 Å². The number of hydrogen-bond acceptors (Lipinski definition) is 5. The summed E-state index contributed by atoms with van der Waals surface area (Å²) in [5.74, 6) is 0.694. The fourth-order valence-corrected chi connectivity index (χ4v) is 2.56. The van der Waals surface area contributed by atoms with E-state index in [-0.39, 0.29) is 23.1 Å². The molecule has 6 heteroatoms. The van der Waals surface area contributed by atoms with E-state index in [1.165, 1.54) is 17.3 Å². The van der Waals surface area contributed by atoms with E-state index in [0.29, 0.717) is 11.1 Å². The van der Waals surface area contributed by atoms with Gasteiger partial charge in [-0.3, -0.25) is 4.79 Å². The van der Waals surface area contributed by atoms with Gasteiger partial charge in [0.05, 0.1) is 5.75 Å². The molecule has 0 aliphatic heterocycles. The van der Waals surface area contributed by atoms with Gasteiger partial charge in [0.2, 0.25) is 11.8 Å². The molecule has 0 saturated heterocycles. The highest BCUT2D eigenvalue weighted by atomic mass is 32.2. The molecule has 1 amide bonds. The normalized spacial score (nSPS) is 11.7. The second-order valence-electron chi connectivity index (χ2n) is 6.71. The van der Waals surface area contributed by atoms with E-state index in [1.54, 1.807) is 0 Å². The van der Waals surface area contributed by atoms with Crippen molar-refractivity contribution in [3.8, 4) is 11.5 Å². The monoisotopic (exact) mass is 333 g/mol. The van der Waals surface area contributed by atoms with Gasteiger partial charge in [0.1, 0.15) is 0 Å². The van der Waals surface area contributed by atoms with Crippen LogP contribution < -0.4 is 5.32 Å². The van der Waals surface area contributed by atoms with Crippen LogP contribution in [0.2, 0.25) is 0 Å². The van der Waals surface area contributed by atoms with Gasteiger partial charge < -0.3 is 9.73 Å². The van der Waals surface area contributed by atoms with Crippen LogP contribution in [0.5, 0.6) is 0 Å². The highest BCUT2D eigenvalue weighted by Crippen LogP contribution is 2.27. The summed E-state index contributed by atoms with van der Waals surface area (Å²) in [5.41, 5.74) is 2.24. The average molecular weight is 333 g/mol. The summed E-state index contributed by atoms with van der Waals surface area (Å²) < 4.78 is 5.61. The van der Waals surface area contributed by atoms with Crippen LogP contribution in [0.1, 0.15) is 40.2 Å². The van der Waals surface area contributed by atoms with Crippen molar-refractivity contribution in [2.75, 3.05) is 5.75 Å². The van der Waals surface area contributed by atoms with Gasteiger partial charge in [0.25, 0.3) is 5.22 Å². The minimum atomic E-state index is -0.0423. The minimum absolute atomic E-state index is 0.0423. The first kappa shape index (κ1) is 17.5. The summed E-state index contributed by atoms with van der Waals surface area (Å²) in [6.07, 6.45) is 0. The number of benzene rings is 1. The lowest BCUT2D eigenvalue weighted by Gasteiger charge is -2.18. The van der Waals surface area contributed by atoms with Crippen LogP contribution in [0.3, 0.4) is 0 Å². The van der Waals surface area contributed by atoms with E-state index in [4.69, 9.17) is 4.42 Å². The molecular weight excluding hydrogens is 310 g/mol. The van der Waals surface area contributed by atoms with Gasteiger partial charge in [-0.25, -0.2) is 0 Å². The molecule has 1 N–H and O–H groups in total. The van der Waals surface area contributed by atoms with Crippen molar-refractivity contribution in [1.29, 1.82) is 0 Å². The zero-order valence-corrected chi connectivity index (χ0v) is 15.0. The SMILES string of the molecule is CC(C)NC(=O)CSc1nnc(-c2ccc(C(C)(C)C)cc2)o1. The van der Waals surface area contributed by atoms with Crippen molar-refractivity contribution in [3.05, 3.63) is 29.8 Å². The Labute approximate surface area is 141 Å². The van der Waals surface area contributed by atoms with Crippen LogP contribution in [-0.2, 0) is 10.2 Å². The van der Waals surface area contributed by atoms with Crippen LogP contribution >= 0.6 is 11.8 Å². The molecule has 0 spiro atoms. The molecule has 2 rings (SSSR count). The van der Waals surface area contributed by atoms with Crippen molar-refractivity contribution < 1.29 is 9.21 Å². The van der Waals surface area contributed by atoms with Crippen LogP contribution in [0.4, 0.5) is 0 Å². The number of amides is 1. The Morgan fingerprint density at radius 1 is 1.22 bits per heavy atom. The number of carbonyl (C=O) groups is 1. The zero-order valence-electron chi connectivity index (χ0n) is 14.2.